The molecule has 6 heteroatoms. The summed E-state index contributed by atoms with van der Waals surface area (Å²) in [6.07, 6.45) is 5.32. The second kappa shape index (κ2) is 8.01. The molecule has 3 aromatic rings. The van der Waals surface area contributed by atoms with Crippen molar-refractivity contribution in [2.45, 2.75) is 13.0 Å². The summed E-state index contributed by atoms with van der Waals surface area (Å²) in [7, 11) is 0. The fraction of sp³-hybridized carbons (Fsp3) is 0.105. The number of halogens is 1. The van der Waals surface area contributed by atoms with E-state index in [4.69, 9.17) is 0 Å². The molecule has 0 saturated carbocycles. The number of nitrogens with one attached hydrogen (secondary N) is 2. The number of aromatic nitrogens is 2. The molecule has 2 aromatic heterocycles. The van der Waals surface area contributed by atoms with Crippen LogP contribution in [0.3, 0.4) is 0 Å². The summed E-state index contributed by atoms with van der Waals surface area (Å²) in [5, 5.41) is 5.97. The van der Waals surface area contributed by atoms with Crippen molar-refractivity contribution >= 4 is 17.4 Å². The van der Waals surface area contributed by atoms with Crippen LogP contribution in [0.4, 0.5) is 15.9 Å². The van der Waals surface area contributed by atoms with Crippen molar-refractivity contribution in [1.82, 2.24) is 9.97 Å². The molecule has 1 aromatic carbocycles. The van der Waals surface area contributed by atoms with Gasteiger partial charge in [-0.3, -0.25) is 9.78 Å². The summed E-state index contributed by atoms with van der Waals surface area (Å²) in [4.78, 5) is 20.2. The van der Waals surface area contributed by atoms with Crippen LogP contribution >= 0.6 is 0 Å². The fourth-order valence-corrected chi connectivity index (χ4v) is 2.25. The Labute approximate surface area is 145 Å². The molecule has 0 fully saturated rings. The lowest BCUT2D eigenvalue weighted by atomic mass is 10.1. The molecule has 2 N–H and O–H groups in total. The average molecular weight is 336 g/mol. The third kappa shape index (κ3) is 5.10. The Morgan fingerprint density at radius 1 is 0.960 bits per heavy atom. The number of anilines is 2. The van der Waals surface area contributed by atoms with E-state index in [2.05, 4.69) is 20.6 Å². The Kier molecular flexibility index (Phi) is 5.31. The Hall–Kier alpha value is -3.28. The number of carbonyl (C=O) groups is 1. The second-order valence-corrected chi connectivity index (χ2v) is 5.49. The van der Waals surface area contributed by atoms with Gasteiger partial charge in [-0.25, -0.2) is 9.37 Å². The number of hydrogen-bond donors (Lipinski definition) is 2. The van der Waals surface area contributed by atoms with Crippen molar-refractivity contribution in [2.75, 3.05) is 10.6 Å². The third-order valence-electron chi connectivity index (χ3n) is 3.55. The minimum absolute atomic E-state index is 0.171. The molecule has 126 valence electrons. The monoisotopic (exact) mass is 336 g/mol. The highest BCUT2D eigenvalue weighted by Crippen LogP contribution is 2.12. The highest BCUT2D eigenvalue weighted by Gasteiger charge is 2.05. The van der Waals surface area contributed by atoms with Crippen molar-refractivity contribution < 1.29 is 9.18 Å². The zero-order valence-corrected chi connectivity index (χ0v) is 13.4. The third-order valence-corrected chi connectivity index (χ3v) is 3.55. The number of rotatable bonds is 6. The van der Waals surface area contributed by atoms with Gasteiger partial charge >= 0.3 is 0 Å². The number of carbonyl (C=O) groups excluding carboxylic acids is 1. The van der Waals surface area contributed by atoms with E-state index in [1.165, 1.54) is 12.1 Å². The van der Waals surface area contributed by atoms with Gasteiger partial charge in [0, 0.05) is 18.9 Å². The second-order valence-electron chi connectivity index (χ2n) is 5.49. The van der Waals surface area contributed by atoms with Crippen LogP contribution in [-0.4, -0.2) is 15.9 Å². The summed E-state index contributed by atoms with van der Waals surface area (Å²) in [5.41, 5.74) is 2.72. The van der Waals surface area contributed by atoms with Gasteiger partial charge in [-0.05, 0) is 47.5 Å². The van der Waals surface area contributed by atoms with E-state index in [9.17, 15) is 9.18 Å². The summed E-state index contributed by atoms with van der Waals surface area (Å²) in [6, 6.07) is 13.3. The van der Waals surface area contributed by atoms with E-state index in [-0.39, 0.29) is 18.1 Å². The van der Waals surface area contributed by atoms with Gasteiger partial charge < -0.3 is 10.6 Å². The summed E-state index contributed by atoms with van der Waals surface area (Å²) in [6.45, 7) is 0.667. The van der Waals surface area contributed by atoms with Gasteiger partial charge in [0.15, 0.2) is 0 Å². The van der Waals surface area contributed by atoms with Crippen molar-refractivity contribution in [2.24, 2.45) is 0 Å². The molecule has 0 bridgehead atoms. The van der Waals surface area contributed by atoms with Crippen LogP contribution in [0.25, 0.3) is 0 Å². The maximum absolute atomic E-state index is 12.9. The quantitative estimate of drug-likeness (QED) is 0.724. The topological polar surface area (TPSA) is 66.9 Å². The van der Waals surface area contributed by atoms with E-state index in [1.807, 2.05) is 18.2 Å². The van der Waals surface area contributed by atoms with Crippen molar-refractivity contribution in [1.29, 1.82) is 0 Å². The smallest absolute Gasteiger partial charge is 0.229 e. The van der Waals surface area contributed by atoms with Crippen LogP contribution in [0.15, 0.2) is 67.1 Å². The highest BCUT2D eigenvalue weighted by atomic mass is 19.1. The Morgan fingerprint density at radius 2 is 1.72 bits per heavy atom. The first kappa shape index (κ1) is 16.6. The number of nitrogens with zero attached hydrogens (tertiary/aromatic N) is 2. The highest BCUT2D eigenvalue weighted by molar-refractivity contribution is 5.91. The van der Waals surface area contributed by atoms with Crippen molar-refractivity contribution in [3.8, 4) is 0 Å². The molecule has 0 atom stereocenters. The van der Waals surface area contributed by atoms with Crippen LogP contribution < -0.4 is 10.6 Å². The Balaban J connectivity index is 1.51. The maximum atomic E-state index is 12.9. The fourth-order valence-electron chi connectivity index (χ4n) is 2.25. The van der Waals surface area contributed by atoms with Gasteiger partial charge in [-0.15, -0.1) is 0 Å². The first-order chi connectivity index (χ1) is 12.2. The molecule has 0 spiro atoms. The predicted octanol–water partition coefficient (Wildman–Crippen LogP) is 3.41. The summed E-state index contributed by atoms with van der Waals surface area (Å²) < 4.78 is 12.9. The molecule has 0 radical (unpaired) electrons. The molecule has 25 heavy (non-hydrogen) atoms. The van der Waals surface area contributed by atoms with Gasteiger partial charge in [0.1, 0.15) is 11.6 Å². The average Bonchev–Trinajstić information content (AvgIpc) is 2.64. The van der Waals surface area contributed by atoms with Crippen LogP contribution in [0, 0.1) is 5.82 Å². The minimum Gasteiger partial charge on any atom is -0.380 e. The van der Waals surface area contributed by atoms with Crippen LogP contribution in [0.1, 0.15) is 11.1 Å². The lowest BCUT2D eigenvalue weighted by molar-refractivity contribution is -0.115. The minimum atomic E-state index is -0.319. The first-order valence-electron chi connectivity index (χ1n) is 7.82. The normalized spacial score (nSPS) is 10.3. The molecule has 2 heterocycles. The van der Waals surface area contributed by atoms with Crippen molar-refractivity contribution in [3.63, 3.8) is 0 Å². The molecule has 0 aliphatic carbocycles. The summed E-state index contributed by atoms with van der Waals surface area (Å²) in [5.74, 6) is -0.0427. The largest absolute Gasteiger partial charge is 0.380 e. The van der Waals surface area contributed by atoms with Gasteiger partial charge in [-0.1, -0.05) is 12.1 Å². The maximum Gasteiger partial charge on any atom is 0.229 e. The predicted molar refractivity (Wildman–Crippen MR) is 94.5 cm³/mol. The van der Waals surface area contributed by atoms with E-state index in [1.54, 1.807) is 36.8 Å². The first-order valence-corrected chi connectivity index (χ1v) is 7.82. The molecule has 0 saturated heterocycles. The zero-order chi connectivity index (χ0) is 17.5. The number of hydrogen-bond acceptors (Lipinski definition) is 4. The Morgan fingerprint density at radius 3 is 2.40 bits per heavy atom. The molecule has 0 unspecified atom stereocenters. The molecular weight excluding hydrogens is 319 g/mol. The van der Waals surface area contributed by atoms with Gasteiger partial charge in [0.05, 0.1) is 18.3 Å². The van der Waals surface area contributed by atoms with Crippen LogP contribution in [0.5, 0.6) is 0 Å². The van der Waals surface area contributed by atoms with E-state index >= 15 is 0 Å². The molecule has 0 aliphatic rings. The lowest BCUT2D eigenvalue weighted by Crippen LogP contribution is -2.15. The molecule has 1 amide bonds. The molecular formula is C19H17FN4O. The molecule has 3 rings (SSSR count). The SMILES string of the molecule is O=C(Cc1ccc(F)cc1)Nc1ccc(NCc2ccncc2)cn1. The number of benzene rings is 1. The van der Waals surface area contributed by atoms with Gasteiger partial charge in [0.25, 0.3) is 0 Å². The van der Waals surface area contributed by atoms with Crippen molar-refractivity contribution in [3.05, 3.63) is 84.1 Å². The summed E-state index contributed by atoms with van der Waals surface area (Å²) >= 11 is 0. The molecule has 5 nitrogen and oxygen atoms in total. The van der Waals surface area contributed by atoms with Gasteiger partial charge in [0.2, 0.25) is 5.91 Å². The van der Waals surface area contributed by atoms with Gasteiger partial charge in [-0.2, -0.15) is 0 Å². The van der Waals surface area contributed by atoms with Crippen LogP contribution in [-0.2, 0) is 17.8 Å². The number of pyridine rings is 2. The van der Waals surface area contributed by atoms with E-state index < -0.39 is 0 Å². The standard InChI is InChI=1S/C19H17FN4O/c20-16-3-1-14(2-4-16)11-19(25)24-18-6-5-17(13-23-18)22-12-15-7-9-21-10-8-15/h1-10,13,22H,11-12H2,(H,23,24,25). The molecule has 0 aliphatic heterocycles. The van der Waals surface area contributed by atoms with E-state index in [0.29, 0.717) is 12.4 Å². The zero-order valence-electron chi connectivity index (χ0n) is 13.4. The number of amides is 1. The van der Waals surface area contributed by atoms with Crippen LogP contribution in [0.2, 0.25) is 0 Å². The van der Waals surface area contributed by atoms with E-state index in [0.717, 1.165) is 16.8 Å². The Bertz CT molecular complexity index is 820. The lowest BCUT2D eigenvalue weighted by Gasteiger charge is -2.08.